The molecule has 0 aliphatic heterocycles. The summed E-state index contributed by atoms with van der Waals surface area (Å²) in [5, 5.41) is 9.05. The highest BCUT2D eigenvalue weighted by Crippen LogP contribution is 2.25. The second-order valence-electron chi connectivity index (χ2n) is 6.35. The summed E-state index contributed by atoms with van der Waals surface area (Å²) in [6.45, 7) is 5.37. The molecule has 5 nitrogen and oxygen atoms in total. The summed E-state index contributed by atoms with van der Waals surface area (Å²) in [6, 6.07) is 18.6. The minimum atomic E-state index is -1.08. The first-order chi connectivity index (χ1) is 12.5. The topological polar surface area (TPSA) is 66.6 Å². The Bertz CT molecular complexity index is 874. The van der Waals surface area contributed by atoms with Gasteiger partial charge in [-0.1, -0.05) is 54.6 Å². The Kier molecular flexibility index (Phi) is 5.49. The molecule has 0 spiro atoms. The van der Waals surface area contributed by atoms with Crippen LogP contribution in [-0.2, 0) is 13.1 Å². The summed E-state index contributed by atoms with van der Waals surface area (Å²) in [7, 11) is 0. The molecule has 26 heavy (non-hydrogen) atoms. The average Bonchev–Trinajstić information content (AvgIpc) is 3.12. The molecule has 1 unspecified atom stereocenters. The van der Waals surface area contributed by atoms with E-state index in [-0.39, 0.29) is 11.7 Å². The summed E-state index contributed by atoms with van der Waals surface area (Å²) in [4.78, 5) is 17.4. The third-order valence-corrected chi connectivity index (χ3v) is 4.57. The van der Waals surface area contributed by atoms with E-state index in [9.17, 15) is 4.79 Å². The van der Waals surface area contributed by atoms with Crippen molar-refractivity contribution in [3.05, 3.63) is 89.1 Å². The molecule has 1 aromatic heterocycles. The molecule has 1 atom stereocenters. The van der Waals surface area contributed by atoms with Crippen LogP contribution in [0.5, 0.6) is 0 Å². The van der Waals surface area contributed by atoms with Gasteiger partial charge in [-0.3, -0.25) is 4.90 Å². The van der Waals surface area contributed by atoms with Crippen LogP contribution < -0.4 is 0 Å². The van der Waals surface area contributed by atoms with E-state index in [2.05, 4.69) is 48.0 Å². The number of nitrogens with zero attached hydrogens (tertiary/aromatic N) is 2. The van der Waals surface area contributed by atoms with Crippen molar-refractivity contribution in [1.29, 1.82) is 0 Å². The Morgan fingerprint density at radius 2 is 1.81 bits per heavy atom. The van der Waals surface area contributed by atoms with E-state index >= 15 is 0 Å². The first-order valence-electron chi connectivity index (χ1n) is 8.56. The van der Waals surface area contributed by atoms with Gasteiger partial charge in [0.05, 0.1) is 6.54 Å². The monoisotopic (exact) mass is 350 g/mol. The standard InChI is InChI=1S/C21H22N2O3/c1-15-8-6-7-11-18(15)12-23(16(2)17-9-4-3-5-10-17)13-20-22-19(14-26-20)21(24)25/h3-11,14,16H,12-13H2,1-2H3,(H,24,25). The molecule has 0 saturated carbocycles. The fraction of sp³-hybridized carbons (Fsp3) is 0.238. The molecule has 1 N–H and O–H groups in total. The van der Waals surface area contributed by atoms with Crippen molar-refractivity contribution >= 4 is 5.97 Å². The predicted molar refractivity (Wildman–Crippen MR) is 98.7 cm³/mol. The molecule has 0 aliphatic carbocycles. The summed E-state index contributed by atoms with van der Waals surface area (Å²) in [6.07, 6.45) is 1.19. The number of rotatable bonds is 7. The van der Waals surface area contributed by atoms with Gasteiger partial charge in [-0.2, -0.15) is 0 Å². The van der Waals surface area contributed by atoms with Crippen LogP contribution in [0.4, 0.5) is 0 Å². The molecule has 134 valence electrons. The Balaban J connectivity index is 1.87. The van der Waals surface area contributed by atoms with Crippen molar-refractivity contribution in [2.24, 2.45) is 0 Å². The van der Waals surface area contributed by atoms with Gasteiger partial charge in [0.1, 0.15) is 6.26 Å². The molecule has 0 bridgehead atoms. The number of aromatic carboxylic acids is 1. The number of carbonyl (C=O) groups is 1. The van der Waals surface area contributed by atoms with Gasteiger partial charge in [-0.15, -0.1) is 0 Å². The molecule has 3 aromatic rings. The normalized spacial score (nSPS) is 12.3. The molecule has 2 aromatic carbocycles. The SMILES string of the molecule is Cc1ccccc1CN(Cc1nc(C(=O)O)co1)C(C)c1ccccc1. The Labute approximate surface area is 152 Å². The van der Waals surface area contributed by atoms with E-state index < -0.39 is 5.97 Å². The first kappa shape index (κ1) is 17.9. The van der Waals surface area contributed by atoms with Gasteiger partial charge < -0.3 is 9.52 Å². The molecule has 3 rings (SSSR count). The molecular formula is C21H22N2O3. The lowest BCUT2D eigenvalue weighted by Crippen LogP contribution is -2.27. The molecular weight excluding hydrogens is 328 g/mol. The second-order valence-corrected chi connectivity index (χ2v) is 6.35. The maximum atomic E-state index is 11.1. The van der Waals surface area contributed by atoms with Gasteiger partial charge in [0, 0.05) is 12.6 Å². The fourth-order valence-electron chi connectivity index (χ4n) is 2.93. The van der Waals surface area contributed by atoms with Crippen molar-refractivity contribution in [2.75, 3.05) is 0 Å². The van der Waals surface area contributed by atoms with E-state index in [1.54, 1.807) is 0 Å². The number of benzene rings is 2. The zero-order valence-electron chi connectivity index (χ0n) is 14.9. The van der Waals surface area contributed by atoms with E-state index in [0.29, 0.717) is 19.0 Å². The number of oxazole rings is 1. The van der Waals surface area contributed by atoms with Crippen LogP contribution >= 0.6 is 0 Å². The predicted octanol–water partition coefficient (Wildman–Crippen LogP) is 4.44. The minimum absolute atomic E-state index is 0.0665. The molecule has 5 heteroatoms. The van der Waals surface area contributed by atoms with Crippen LogP contribution in [-0.4, -0.2) is 21.0 Å². The Morgan fingerprint density at radius 1 is 1.12 bits per heavy atom. The van der Waals surface area contributed by atoms with Crippen molar-refractivity contribution in [3.8, 4) is 0 Å². The Hall–Kier alpha value is -2.92. The molecule has 0 amide bonds. The zero-order valence-corrected chi connectivity index (χ0v) is 14.9. The lowest BCUT2D eigenvalue weighted by molar-refractivity contribution is 0.0690. The summed E-state index contributed by atoms with van der Waals surface area (Å²) in [5.74, 6) is -0.680. The average molecular weight is 350 g/mol. The number of aryl methyl sites for hydroxylation is 1. The molecule has 0 aliphatic rings. The van der Waals surface area contributed by atoms with Gasteiger partial charge in [-0.25, -0.2) is 9.78 Å². The molecule has 1 heterocycles. The van der Waals surface area contributed by atoms with Gasteiger partial charge in [0.15, 0.2) is 5.69 Å². The lowest BCUT2D eigenvalue weighted by atomic mass is 10.0. The van der Waals surface area contributed by atoms with Crippen molar-refractivity contribution in [1.82, 2.24) is 9.88 Å². The highest BCUT2D eigenvalue weighted by Gasteiger charge is 2.20. The quantitative estimate of drug-likeness (QED) is 0.682. The molecule has 0 fully saturated rings. The van der Waals surface area contributed by atoms with Crippen molar-refractivity contribution in [3.63, 3.8) is 0 Å². The van der Waals surface area contributed by atoms with Gasteiger partial charge in [-0.05, 0) is 30.5 Å². The third kappa shape index (κ3) is 4.18. The van der Waals surface area contributed by atoms with Crippen LogP contribution in [0.25, 0.3) is 0 Å². The van der Waals surface area contributed by atoms with Crippen LogP contribution in [0.1, 0.15) is 46.0 Å². The summed E-state index contributed by atoms with van der Waals surface area (Å²) >= 11 is 0. The summed E-state index contributed by atoms with van der Waals surface area (Å²) in [5.41, 5.74) is 3.56. The molecule has 0 saturated heterocycles. The largest absolute Gasteiger partial charge is 0.476 e. The van der Waals surface area contributed by atoms with Crippen LogP contribution in [0.15, 0.2) is 65.3 Å². The van der Waals surface area contributed by atoms with E-state index in [0.717, 1.165) is 0 Å². The zero-order chi connectivity index (χ0) is 18.5. The molecule has 0 radical (unpaired) electrons. The maximum Gasteiger partial charge on any atom is 0.357 e. The first-order valence-corrected chi connectivity index (χ1v) is 8.56. The van der Waals surface area contributed by atoms with Gasteiger partial charge in [0.2, 0.25) is 5.89 Å². The highest BCUT2D eigenvalue weighted by molar-refractivity contribution is 5.84. The van der Waals surface area contributed by atoms with E-state index in [1.807, 2.05) is 30.3 Å². The van der Waals surface area contributed by atoms with E-state index in [1.165, 1.54) is 23.0 Å². The lowest BCUT2D eigenvalue weighted by Gasteiger charge is -2.29. The Morgan fingerprint density at radius 3 is 2.46 bits per heavy atom. The second kappa shape index (κ2) is 7.97. The van der Waals surface area contributed by atoms with Gasteiger partial charge >= 0.3 is 5.97 Å². The minimum Gasteiger partial charge on any atom is -0.476 e. The van der Waals surface area contributed by atoms with Gasteiger partial charge in [0.25, 0.3) is 0 Å². The van der Waals surface area contributed by atoms with Crippen molar-refractivity contribution in [2.45, 2.75) is 33.0 Å². The van der Waals surface area contributed by atoms with Crippen LogP contribution in [0.3, 0.4) is 0 Å². The third-order valence-electron chi connectivity index (χ3n) is 4.57. The van der Waals surface area contributed by atoms with Crippen LogP contribution in [0, 0.1) is 6.92 Å². The highest BCUT2D eigenvalue weighted by atomic mass is 16.4. The van der Waals surface area contributed by atoms with E-state index in [4.69, 9.17) is 9.52 Å². The van der Waals surface area contributed by atoms with Crippen molar-refractivity contribution < 1.29 is 14.3 Å². The van der Waals surface area contributed by atoms with Crippen LogP contribution in [0.2, 0.25) is 0 Å². The maximum absolute atomic E-state index is 11.1. The number of carboxylic acids is 1. The smallest absolute Gasteiger partial charge is 0.357 e. The number of hydrogen-bond acceptors (Lipinski definition) is 4. The number of aromatic nitrogens is 1. The number of carboxylic acid groups (broad SMARTS) is 1. The fourth-order valence-corrected chi connectivity index (χ4v) is 2.93. The summed E-state index contributed by atoms with van der Waals surface area (Å²) < 4.78 is 5.38. The number of hydrogen-bond donors (Lipinski definition) is 1.